The third kappa shape index (κ3) is 3.74. The molecular formula is C16H23NO2. The highest BCUT2D eigenvalue weighted by molar-refractivity contribution is 5.81. The van der Waals surface area contributed by atoms with Crippen LogP contribution in [0.1, 0.15) is 27.2 Å². The molecule has 0 bridgehead atoms. The molecule has 1 heterocycles. The van der Waals surface area contributed by atoms with Gasteiger partial charge in [0.2, 0.25) is 0 Å². The number of benzene rings is 1. The number of hydrogen-bond acceptors (Lipinski definition) is 2. The molecule has 19 heavy (non-hydrogen) atoms. The summed E-state index contributed by atoms with van der Waals surface area (Å²) < 4.78 is 13.5. The molecule has 2 rings (SSSR count). The van der Waals surface area contributed by atoms with Crippen LogP contribution < -0.4 is 4.74 Å². The molecule has 0 aliphatic rings. The molecule has 0 unspecified atom stereocenters. The Morgan fingerprint density at radius 1 is 1.16 bits per heavy atom. The van der Waals surface area contributed by atoms with Crippen molar-refractivity contribution in [3.63, 3.8) is 0 Å². The Morgan fingerprint density at radius 2 is 2.00 bits per heavy atom. The van der Waals surface area contributed by atoms with E-state index in [1.807, 2.05) is 19.9 Å². The van der Waals surface area contributed by atoms with Gasteiger partial charge in [-0.25, -0.2) is 0 Å². The Kier molecular flexibility index (Phi) is 4.86. The molecule has 0 fully saturated rings. The summed E-state index contributed by atoms with van der Waals surface area (Å²) in [6, 6.07) is 8.37. The minimum atomic E-state index is 0.210. The normalized spacial score (nSPS) is 11.4. The lowest BCUT2D eigenvalue weighted by molar-refractivity contribution is 0.127. The summed E-state index contributed by atoms with van der Waals surface area (Å²) in [6.45, 7) is 8.71. The number of fused-ring (bicyclic) bond motifs is 1. The van der Waals surface area contributed by atoms with Gasteiger partial charge in [0.05, 0.1) is 12.7 Å². The van der Waals surface area contributed by atoms with Crippen molar-refractivity contribution in [1.82, 2.24) is 4.57 Å². The molecule has 0 spiro atoms. The summed E-state index contributed by atoms with van der Waals surface area (Å²) in [5.74, 6) is 0.933. The van der Waals surface area contributed by atoms with Crippen LogP contribution in [0.4, 0.5) is 0 Å². The van der Waals surface area contributed by atoms with Crippen molar-refractivity contribution in [3.05, 3.63) is 30.5 Å². The number of nitrogens with zero attached hydrogens (tertiary/aromatic N) is 1. The Balaban J connectivity index is 2.06. The van der Waals surface area contributed by atoms with E-state index in [2.05, 4.69) is 35.9 Å². The summed E-state index contributed by atoms with van der Waals surface area (Å²) >= 11 is 0. The molecule has 0 N–H and O–H groups in total. The molecule has 1 aromatic carbocycles. The molecule has 104 valence electrons. The smallest absolute Gasteiger partial charge is 0.120 e. The third-order valence-corrected chi connectivity index (χ3v) is 2.94. The second-order valence-electron chi connectivity index (χ2n) is 5.01. The lowest BCUT2D eigenvalue weighted by Crippen LogP contribution is -2.06. The fraction of sp³-hybridized carbons (Fsp3) is 0.500. The summed E-state index contributed by atoms with van der Waals surface area (Å²) in [6.07, 6.45) is 3.39. The highest BCUT2D eigenvalue weighted by Crippen LogP contribution is 2.22. The first-order valence-corrected chi connectivity index (χ1v) is 7.04. The van der Waals surface area contributed by atoms with Crippen molar-refractivity contribution < 1.29 is 9.47 Å². The van der Waals surface area contributed by atoms with Gasteiger partial charge in [0, 0.05) is 30.3 Å². The molecule has 0 aliphatic carbocycles. The Morgan fingerprint density at radius 3 is 2.74 bits per heavy atom. The van der Waals surface area contributed by atoms with Crippen LogP contribution in [0.15, 0.2) is 30.5 Å². The molecular weight excluding hydrogens is 238 g/mol. The van der Waals surface area contributed by atoms with E-state index in [-0.39, 0.29) is 6.10 Å². The second-order valence-corrected chi connectivity index (χ2v) is 5.01. The van der Waals surface area contributed by atoms with Crippen molar-refractivity contribution in [2.75, 3.05) is 13.2 Å². The van der Waals surface area contributed by atoms with Crippen molar-refractivity contribution in [2.24, 2.45) is 0 Å². The van der Waals surface area contributed by atoms with Gasteiger partial charge in [0.1, 0.15) is 5.75 Å². The summed E-state index contributed by atoms with van der Waals surface area (Å²) in [7, 11) is 0. The van der Waals surface area contributed by atoms with Crippen LogP contribution in [0.3, 0.4) is 0 Å². The van der Waals surface area contributed by atoms with E-state index in [4.69, 9.17) is 9.47 Å². The van der Waals surface area contributed by atoms with Crippen molar-refractivity contribution >= 4 is 10.9 Å². The molecule has 0 aliphatic heterocycles. The maximum absolute atomic E-state index is 5.71. The zero-order valence-electron chi connectivity index (χ0n) is 12.1. The fourth-order valence-electron chi connectivity index (χ4n) is 2.13. The molecule has 0 atom stereocenters. The molecule has 0 saturated heterocycles. The first-order chi connectivity index (χ1) is 9.20. The predicted molar refractivity (Wildman–Crippen MR) is 78.8 cm³/mol. The quantitative estimate of drug-likeness (QED) is 0.707. The van der Waals surface area contributed by atoms with E-state index in [1.165, 1.54) is 10.9 Å². The summed E-state index contributed by atoms with van der Waals surface area (Å²) in [5, 5.41) is 1.22. The van der Waals surface area contributed by atoms with E-state index >= 15 is 0 Å². The van der Waals surface area contributed by atoms with Crippen LogP contribution in [0.25, 0.3) is 10.9 Å². The van der Waals surface area contributed by atoms with E-state index < -0.39 is 0 Å². The van der Waals surface area contributed by atoms with Crippen LogP contribution in [-0.4, -0.2) is 23.9 Å². The van der Waals surface area contributed by atoms with Gasteiger partial charge in [-0.15, -0.1) is 0 Å². The van der Waals surface area contributed by atoms with Crippen LogP contribution in [0.2, 0.25) is 0 Å². The zero-order valence-corrected chi connectivity index (χ0v) is 12.1. The van der Waals surface area contributed by atoms with Gasteiger partial charge in [0.15, 0.2) is 0 Å². The molecule has 2 aromatic rings. The Labute approximate surface area is 115 Å². The topological polar surface area (TPSA) is 23.4 Å². The van der Waals surface area contributed by atoms with Crippen LogP contribution in [-0.2, 0) is 11.3 Å². The number of rotatable bonds is 7. The molecule has 0 radical (unpaired) electrons. The van der Waals surface area contributed by atoms with E-state index in [1.54, 1.807) is 0 Å². The van der Waals surface area contributed by atoms with E-state index in [0.29, 0.717) is 0 Å². The highest BCUT2D eigenvalue weighted by atomic mass is 16.5. The van der Waals surface area contributed by atoms with Crippen molar-refractivity contribution in [1.29, 1.82) is 0 Å². The van der Waals surface area contributed by atoms with E-state index in [9.17, 15) is 0 Å². The minimum absolute atomic E-state index is 0.210. The van der Waals surface area contributed by atoms with Gasteiger partial charge >= 0.3 is 0 Å². The maximum Gasteiger partial charge on any atom is 0.120 e. The number of hydrogen-bond donors (Lipinski definition) is 0. The van der Waals surface area contributed by atoms with Gasteiger partial charge in [-0.1, -0.05) is 6.92 Å². The SMILES string of the molecule is CCCOCCn1ccc2cc(OC(C)C)ccc21. The van der Waals surface area contributed by atoms with Crippen LogP contribution in [0.5, 0.6) is 5.75 Å². The van der Waals surface area contributed by atoms with E-state index in [0.717, 1.165) is 31.9 Å². The average molecular weight is 261 g/mol. The van der Waals surface area contributed by atoms with Gasteiger partial charge in [-0.2, -0.15) is 0 Å². The first kappa shape index (κ1) is 13.9. The Bertz CT molecular complexity index is 516. The maximum atomic E-state index is 5.71. The highest BCUT2D eigenvalue weighted by Gasteiger charge is 2.04. The lowest BCUT2D eigenvalue weighted by Gasteiger charge is -2.10. The standard InChI is InChI=1S/C16H23NO2/c1-4-10-18-11-9-17-8-7-14-12-15(19-13(2)3)5-6-16(14)17/h5-8,12-13H,4,9-11H2,1-3H3. The van der Waals surface area contributed by atoms with Gasteiger partial charge < -0.3 is 14.0 Å². The number of aromatic nitrogens is 1. The monoisotopic (exact) mass is 261 g/mol. The Hall–Kier alpha value is -1.48. The zero-order chi connectivity index (χ0) is 13.7. The minimum Gasteiger partial charge on any atom is -0.491 e. The van der Waals surface area contributed by atoms with Crippen molar-refractivity contribution in [3.8, 4) is 5.75 Å². The van der Waals surface area contributed by atoms with Gasteiger partial charge in [-0.05, 0) is 44.5 Å². The molecule has 0 amide bonds. The number of ether oxygens (including phenoxy) is 2. The first-order valence-electron chi connectivity index (χ1n) is 7.04. The summed E-state index contributed by atoms with van der Waals surface area (Å²) in [5.41, 5.74) is 1.23. The van der Waals surface area contributed by atoms with Crippen molar-refractivity contribution in [2.45, 2.75) is 39.8 Å². The molecule has 1 aromatic heterocycles. The molecule has 3 nitrogen and oxygen atoms in total. The van der Waals surface area contributed by atoms with Crippen LogP contribution >= 0.6 is 0 Å². The average Bonchev–Trinajstić information content (AvgIpc) is 2.76. The van der Waals surface area contributed by atoms with Gasteiger partial charge in [0.25, 0.3) is 0 Å². The third-order valence-electron chi connectivity index (χ3n) is 2.94. The largest absolute Gasteiger partial charge is 0.491 e. The second kappa shape index (κ2) is 6.62. The molecule has 3 heteroatoms. The van der Waals surface area contributed by atoms with Gasteiger partial charge in [-0.3, -0.25) is 0 Å². The van der Waals surface area contributed by atoms with Crippen LogP contribution in [0, 0.1) is 0 Å². The fourth-order valence-corrected chi connectivity index (χ4v) is 2.13. The predicted octanol–water partition coefficient (Wildman–Crippen LogP) is 3.86. The summed E-state index contributed by atoms with van der Waals surface area (Å²) in [4.78, 5) is 0. The lowest BCUT2D eigenvalue weighted by atomic mass is 10.2. The molecule has 0 saturated carbocycles.